The van der Waals surface area contributed by atoms with Crippen molar-refractivity contribution in [3.8, 4) is 0 Å². The van der Waals surface area contributed by atoms with Crippen molar-refractivity contribution in [3.05, 3.63) is 24.3 Å². The number of phosphoric ester groups is 2. The summed E-state index contributed by atoms with van der Waals surface area (Å²) >= 11 is 0. The van der Waals surface area contributed by atoms with Gasteiger partial charge >= 0.3 is 39.5 Å². The summed E-state index contributed by atoms with van der Waals surface area (Å²) in [6, 6.07) is 0. The minimum absolute atomic E-state index is 0.0855. The maximum absolute atomic E-state index is 13.0. The molecule has 3 N–H and O–H groups in total. The molecule has 0 saturated heterocycles. The SMILES string of the molecule is CCCCCC/C=C\C=C/CCCCCCCC(=O)O[C@H](COC(=O)CCCCCCCCCCCCCC)COP(=O)(O)OC[C@@H](O)COP(=O)(O)OC[C@@H](COC(=O)CCCCCCC)OC(=O)CCCCCCCCCCCCCC. The number of ether oxygens (including phenoxy) is 4. The lowest BCUT2D eigenvalue weighted by atomic mass is 10.0. The van der Waals surface area contributed by atoms with Crippen molar-refractivity contribution in [1.29, 1.82) is 0 Å². The minimum Gasteiger partial charge on any atom is -0.462 e. The van der Waals surface area contributed by atoms with Gasteiger partial charge in [-0.25, -0.2) is 9.13 Å². The number of hydrogen-bond acceptors (Lipinski definition) is 15. The smallest absolute Gasteiger partial charge is 0.462 e. The van der Waals surface area contributed by atoms with E-state index in [2.05, 4.69) is 52.0 Å². The molecule has 0 amide bonds. The Morgan fingerprint density at radius 1 is 0.333 bits per heavy atom. The highest BCUT2D eigenvalue weighted by Crippen LogP contribution is 2.45. The molecule has 0 aromatic rings. The molecule has 0 aromatic heterocycles. The van der Waals surface area contributed by atoms with Gasteiger partial charge in [-0.05, 0) is 51.4 Å². The van der Waals surface area contributed by atoms with Gasteiger partial charge in [0.15, 0.2) is 12.2 Å². The van der Waals surface area contributed by atoms with E-state index in [1.165, 1.54) is 122 Å². The molecule has 5 atom stereocenters. The van der Waals surface area contributed by atoms with Crippen LogP contribution in [0.4, 0.5) is 0 Å². The number of aliphatic hydroxyl groups excluding tert-OH is 1. The van der Waals surface area contributed by atoms with Crippen LogP contribution in [0.1, 0.15) is 310 Å². The van der Waals surface area contributed by atoms with E-state index >= 15 is 0 Å². The molecule has 0 rings (SSSR count). The Labute approximate surface area is 510 Å². The number of allylic oxidation sites excluding steroid dienone is 4. The maximum Gasteiger partial charge on any atom is 0.472 e. The van der Waals surface area contributed by atoms with Crippen molar-refractivity contribution in [3.63, 3.8) is 0 Å². The van der Waals surface area contributed by atoms with Crippen LogP contribution in [0, 0.1) is 0 Å². The van der Waals surface area contributed by atoms with Crippen molar-refractivity contribution < 1.29 is 80.2 Å². The fourth-order valence-corrected chi connectivity index (χ4v) is 10.8. The van der Waals surface area contributed by atoms with Crippen molar-refractivity contribution >= 4 is 39.5 Å². The van der Waals surface area contributed by atoms with Crippen molar-refractivity contribution in [1.82, 2.24) is 0 Å². The fraction of sp³-hybridized carbons (Fsp3) is 0.877. The number of aliphatic hydroxyl groups is 1. The highest BCUT2D eigenvalue weighted by Gasteiger charge is 2.30. The van der Waals surface area contributed by atoms with E-state index in [9.17, 15) is 43.2 Å². The molecule has 0 bridgehead atoms. The predicted octanol–water partition coefficient (Wildman–Crippen LogP) is 17.9. The molecule has 0 aliphatic carbocycles. The number of esters is 4. The van der Waals surface area contributed by atoms with Gasteiger partial charge in [-0.3, -0.25) is 37.3 Å². The van der Waals surface area contributed by atoms with Crippen molar-refractivity contribution in [2.75, 3.05) is 39.6 Å². The molecule has 0 saturated carbocycles. The topological polar surface area (TPSA) is 237 Å². The molecule has 0 aliphatic heterocycles. The Balaban J connectivity index is 5.21. The average Bonchev–Trinajstić information content (AvgIpc) is 3.65. The third kappa shape index (κ3) is 58.6. The summed E-state index contributed by atoms with van der Waals surface area (Å²) in [5.74, 6) is -2.17. The molecule has 0 fully saturated rings. The van der Waals surface area contributed by atoms with E-state index < -0.39 is 97.5 Å². The first-order valence-electron chi connectivity index (χ1n) is 33.6. The van der Waals surface area contributed by atoms with Gasteiger partial charge in [-0.15, -0.1) is 0 Å². The molecular weight excluding hydrogens is 1110 g/mol. The molecule has 0 spiro atoms. The summed E-state index contributed by atoms with van der Waals surface area (Å²) in [4.78, 5) is 72.0. The number of phosphoric acid groups is 2. The summed E-state index contributed by atoms with van der Waals surface area (Å²) in [7, 11) is -9.89. The van der Waals surface area contributed by atoms with Gasteiger partial charge in [0, 0.05) is 25.7 Å². The molecule has 0 radical (unpaired) electrons. The second-order valence-corrected chi connectivity index (χ2v) is 25.7. The Morgan fingerprint density at radius 2 is 0.571 bits per heavy atom. The van der Waals surface area contributed by atoms with E-state index in [1.807, 2.05) is 0 Å². The Morgan fingerprint density at radius 3 is 0.869 bits per heavy atom. The van der Waals surface area contributed by atoms with Crippen LogP contribution in [0.5, 0.6) is 0 Å². The normalized spacial score (nSPS) is 14.3. The minimum atomic E-state index is -4.95. The summed E-state index contributed by atoms with van der Waals surface area (Å²) in [5, 5.41) is 10.5. The lowest BCUT2D eigenvalue weighted by Crippen LogP contribution is -2.30. The standard InChI is InChI=1S/C65H122O17P2/c1-5-9-13-17-20-23-26-29-30-31-34-37-40-44-48-52-65(70)82-61(56-76-63(68)50-46-42-38-35-32-27-24-21-18-14-10-6-2)58-80-84(73,74)78-54-59(66)53-77-83(71,72)79-57-60(55-75-62(67)49-45-41-16-12-8-4)81-64(69)51-47-43-39-36-33-28-25-22-19-15-11-7-3/h23,26,29-30,59-61,66H,5-22,24-25,27-28,31-58H2,1-4H3,(H,71,72)(H,73,74)/b26-23-,30-29-/t59-,60+,61+/m0/s1. The average molecular weight is 1240 g/mol. The number of hydrogen-bond donors (Lipinski definition) is 3. The van der Waals surface area contributed by atoms with Gasteiger partial charge in [-0.2, -0.15) is 0 Å². The van der Waals surface area contributed by atoms with Gasteiger partial charge in [0.05, 0.1) is 26.4 Å². The fourth-order valence-electron chi connectivity index (χ4n) is 9.27. The zero-order valence-electron chi connectivity index (χ0n) is 53.3. The van der Waals surface area contributed by atoms with Crippen molar-refractivity contribution in [2.24, 2.45) is 0 Å². The van der Waals surface area contributed by atoms with Crippen LogP contribution < -0.4 is 0 Å². The Kier molecular flexibility index (Phi) is 57.8. The van der Waals surface area contributed by atoms with Crippen molar-refractivity contribution in [2.45, 2.75) is 329 Å². The zero-order valence-corrected chi connectivity index (χ0v) is 55.1. The molecule has 494 valence electrons. The molecule has 84 heavy (non-hydrogen) atoms. The van der Waals surface area contributed by atoms with E-state index in [0.29, 0.717) is 25.7 Å². The van der Waals surface area contributed by atoms with Crippen LogP contribution in [-0.4, -0.2) is 96.7 Å². The summed E-state index contributed by atoms with van der Waals surface area (Å²) < 4.78 is 67.8. The number of carbonyl (C=O) groups is 4. The third-order valence-electron chi connectivity index (χ3n) is 14.5. The largest absolute Gasteiger partial charge is 0.472 e. The molecule has 0 heterocycles. The Hall–Kier alpha value is -2.46. The molecular formula is C65H122O17P2. The van der Waals surface area contributed by atoms with Crippen LogP contribution in [0.15, 0.2) is 24.3 Å². The summed E-state index contributed by atoms with van der Waals surface area (Å²) in [6.07, 6.45) is 48.3. The first kappa shape index (κ1) is 81.5. The van der Waals surface area contributed by atoms with Crippen LogP contribution in [0.25, 0.3) is 0 Å². The van der Waals surface area contributed by atoms with Crippen LogP contribution >= 0.6 is 15.6 Å². The summed E-state index contributed by atoms with van der Waals surface area (Å²) in [5.41, 5.74) is 0. The lowest BCUT2D eigenvalue weighted by molar-refractivity contribution is -0.161. The van der Waals surface area contributed by atoms with E-state index in [0.717, 1.165) is 109 Å². The molecule has 17 nitrogen and oxygen atoms in total. The van der Waals surface area contributed by atoms with Crippen LogP contribution in [-0.2, 0) is 65.4 Å². The number of unbranched alkanes of at least 4 members (excludes halogenated alkanes) is 35. The highest BCUT2D eigenvalue weighted by atomic mass is 31.2. The second-order valence-electron chi connectivity index (χ2n) is 22.8. The van der Waals surface area contributed by atoms with Gasteiger partial charge in [-0.1, -0.05) is 257 Å². The van der Waals surface area contributed by atoms with Gasteiger partial charge in [0.2, 0.25) is 0 Å². The predicted molar refractivity (Wildman–Crippen MR) is 335 cm³/mol. The van der Waals surface area contributed by atoms with Gasteiger partial charge < -0.3 is 33.8 Å². The zero-order chi connectivity index (χ0) is 61.9. The summed E-state index contributed by atoms with van der Waals surface area (Å²) in [6.45, 7) is 4.75. The highest BCUT2D eigenvalue weighted by molar-refractivity contribution is 7.47. The van der Waals surface area contributed by atoms with Gasteiger partial charge in [0.25, 0.3) is 0 Å². The van der Waals surface area contributed by atoms with Crippen LogP contribution in [0.2, 0.25) is 0 Å². The maximum atomic E-state index is 13.0. The lowest BCUT2D eigenvalue weighted by Gasteiger charge is -2.21. The van der Waals surface area contributed by atoms with Gasteiger partial charge in [0.1, 0.15) is 19.3 Å². The first-order chi connectivity index (χ1) is 40.7. The van der Waals surface area contributed by atoms with E-state index in [-0.39, 0.29) is 25.7 Å². The quantitative estimate of drug-likeness (QED) is 0.0169. The van der Waals surface area contributed by atoms with E-state index in [4.69, 9.17) is 37.0 Å². The number of rotatable bonds is 64. The first-order valence-corrected chi connectivity index (χ1v) is 36.6. The number of carbonyl (C=O) groups excluding carboxylic acids is 4. The molecule has 19 heteroatoms. The van der Waals surface area contributed by atoms with E-state index in [1.54, 1.807) is 0 Å². The molecule has 2 unspecified atom stereocenters. The Bertz CT molecular complexity index is 1710. The molecule has 0 aromatic carbocycles. The second kappa shape index (κ2) is 59.5. The van der Waals surface area contributed by atoms with Crippen LogP contribution in [0.3, 0.4) is 0 Å². The molecule has 0 aliphatic rings. The third-order valence-corrected chi connectivity index (χ3v) is 16.4. The monoisotopic (exact) mass is 1240 g/mol.